The number of hydrogen-bond acceptors (Lipinski definition) is 2. The Labute approximate surface area is 134 Å². The van der Waals surface area contributed by atoms with Gasteiger partial charge in [-0.25, -0.2) is 8.78 Å². The van der Waals surface area contributed by atoms with Gasteiger partial charge in [0.1, 0.15) is 11.6 Å². The molecule has 0 aromatic heterocycles. The van der Waals surface area contributed by atoms with Gasteiger partial charge in [0.05, 0.1) is 0 Å². The molecular formula is C19H20F2N2. The number of benzene rings is 2. The van der Waals surface area contributed by atoms with Crippen LogP contribution >= 0.6 is 0 Å². The van der Waals surface area contributed by atoms with Gasteiger partial charge in [0.15, 0.2) is 0 Å². The Kier molecular flexibility index (Phi) is 3.47. The monoisotopic (exact) mass is 314 g/mol. The number of nitrogens with one attached hydrogen (secondary N) is 1. The van der Waals surface area contributed by atoms with Crippen LogP contribution in [0.5, 0.6) is 0 Å². The first-order chi connectivity index (χ1) is 11.1. The first-order valence-electron chi connectivity index (χ1n) is 8.11. The van der Waals surface area contributed by atoms with E-state index in [-0.39, 0.29) is 29.1 Å². The van der Waals surface area contributed by atoms with Gasteiger partial charge in [-0.2, -0.15) is 0 Å². The molecule has 2 aromatic rings. The van der Waals surface area contributed by atoms with Gasteiger partial charge in [0.2, 0.25) is 0 Å². The summed E-state index contributed by atoms with van der Waals surface area (Å²) in [7, 11) is 0. The fourth-order valence-electron chi connectivity index (χ4n) is 3.73. The van der Waals surface area contributed by atoms with Crippen LogP contribution < -0.4 is 11.1 Å². The molecule has 4 rings (SSSR count). The highest BCUT2D eigenvalue weighted by Gasteiger charge is 2.54. The summed E-state index contributed by atoms with van der Waals surface area (Å²) in [5, 5.41) is 3.45. The molecule has 1 heterocycles. The second kappa shape index (κ2) is 5.39. The zero-order valence-corrected chi connectivity index (χ0v) is 12.9. The molecule has 0 bridgehead atoms. The van der Waals surface area contributed by atoms with Gasteiger partial charge in [-0.15, -0.1) is 0 Å². The Morgan fingerprint density at radius 3 is 2.61 bits per heavy atom. The summed E-state index contributed by atoms with van der Waals surface area (Å²) in [6.07, 6.45) is 2.91. The second-order valence-corrected chi connectivity index (χ2v) is 6.87. The summed E-state index contributed by atoms with van der Waals surface area (Å²) in [4.78, 5) is 0. The predicted octanol–water partition coefficient (Wildman–Crippen LogP) is 3.25. The molecule has 1 spiro atoms. The van der Waals surface area contributed by atoms with Crippen molar-refractivity contribution in [1.82, 2.24) is 5.32 Å². The van der Waals surface area contributed by atoms with E-state index < -0.39 is 0 Å². The number of hydrogen-bond donors (Lipinski definition) is 2. The largest absolute Gasteiger partial charge is 0.326 e. The molecule has 120 valence electrons. The molecule has 2 nitrogen and oxygen atoms in total. The molecule has 1 aliphatic carbocycles. The molecule has 0 radical (unpaired) electrons. The van der Waals surface area contributed by atoms with E-state index in [1.807, 2.05) is 6.07 Å². The normalized spacial score (nSPS) is 25.0. The Morgan fingerprint density at radius 2 is 1.91 bits per heavy atom. The van der Waals surface area contributed by atoms with Gasteiger partial charge in [-0.1, -0.05) is 30.3 Å². The molecule has 0 unspecified atom stereocenters. The minimum atomic E-state index is -0.359. The summed E-state index contributed by atoms with van der Waals surface area (Å²) in [5.74, 6) is -0.633. The summed E-state index contributed by atoms with van der Waals surface area (Å²) in [6.45, 7) is 0.935. The van der Waals surface area contributed by atoms with Gasteiger partial charge >= 0.3 is 0 Å². The molecule has 2 aromatic carbocycles. The number of nitrogens with two attached hydrogens (primary N) is 1. The fourth-order valence-corrected chi connectivity index (χ4v) is 3.73. The van der Waals surface area contributed by atoms with Crippen molar-refractivity contribution in [2.45, 2.75) is 31.3 Å². The molecule has 1 saturated heterocycles. The minimum absolute atomic E-state index is 0.0831. The van der Waals surface area contributed by atoms with Crippen molar-refractivity contribution in [1.29, 1.82) is 0 Å². The zero-order chi connectivity index (χ0) is 16.0. The Balaban J connectivity index is 1.62. The third-order valence-electron chi connectivity index (χ3n) is 5.40. The van der Waals surface area contributed by atoms with Gasteiger partial charge in [-0.3, -0.25) is 0 Å². The van der Waals surface area contributed by atoms with Crippen molar-refractivity contribution in [3.8, 4) is 11.1 Å². The molecule has 3 N–H and O–H groups in total. The van der Waals surface area contributed by atoms with Crippen LogP contribution in [0.15, 0.2) is 42.5 Å². The number of halogens is 2. The van der Waals surface area contributed by atoms with Crippen molar-refractivity contribution < 1.29 is 8.78 Å². The van der Waals surface area contributed by atoms with Crippen LogP contribution in [0.4, 0.5) is 8.78 Å². The summed E-state index contributed by atoms with van der Waals surface area (Å²) in [5.41, 5.74) is 8.24. The van der Waals surface area contributed by atoms with E-state index in [1.165, 1.54) is 25.0 Å². The Morgan fingerprint density at radius 1 is 1.13 bits per heavy atom. The maximum Gasteiger partial charge on any atom is 0.134 e. The van der Waals surface area contributed by atoms with Crippen molar-refractivity contribution in [3.05, 3.63) is 59.7 Å². The molecule has 1 aliphatic heterocycles. The smallest absolute Gasteiger partial charge is 0.134 e. The average molecular weight is 314 g/mol. The van der Waals surface area contributed by atoms with Crippen LogP contribution in [0.2, 0.25) is 0 Å². The fraction of sp³-hybridized carbons (Fsp3) is 0.368. The highest BCUT2D eigenvalue weighted by Crippen LogP contribution is 2.51. The average Bonchev–Trinajstić information content (AvgIpc) is 3.27. The first-order valence-corrected chi connectivity index (χ1v) is 8.11. The van der Waals surface area contributed by atoms with E-state index in [9.17, 15) is 8.78 Å². The maximum absolute atomic E-state index is 14.9. The molecular weight excluding hydrogens is 294 g/mol. The number of rotatable bonds is 3. The summed E-state index contributed by atoms with van der Waals surface area (Å²) < 4.78 is 28.3. The lowest BCUT2D eigenvalue weighted by Gasteiger charge is -2.20. The molecule has 23 heavy (non-hydrogen) atoms. The third-order valence-corrected chi connectivity index (χ3v) is 5.40. The first kappa shape index (κ1) is 14.8. The minimum Gasteiger partial charge on any atom is -0.326 e. The lowest BCUT2D eigenvalue weighted by molar-refractivity contribution is 0.443. The highest BCUT2D eigenvalue weighted by molar-refractivity contribution is 5.65. The molecule has 2 atom stereocenters. The molecule has 2 aliphatic rings. The van der Waals surface area contributed by atoms with E-state index in [0.29, 0.717) is 23.1 Å². The van der Waals surface area contributed by atoms with Crippen molar-refractivity contribution in [2.75, 3.05) is 6.54 Å². The predicted molar refractivity (Wildman–Crippen MR) is 86.9 cm³/mol. The van der Waals surface area contributed by atoms with Crippen molar-refractivity contribution >= 4 is 0 Å². The van der Waals surface area contributed by atoms with E-state index >= 15 is 0 Å². The van der Waals surface area contributed by atoms with E-state index in [4.69, 9.17) is 5.73 Å². The molecule has 2 fully saturated rings. The zero-order valence-electron chi connectivity index (χ0n) is 12.9. The van der Waals surface area contributed by atoms with E-state index in [0.717, 1.165) is 6.54 Å². The molecule has 0 amide bonds. The lowest BCUT2D eigenvalue weighted by Crippen LogP contribution is -2.41. The summed E-state index contributed by atoms with van der Waals surface area (Å²) in [6, 6.07) is 11.6. The standard InChI is InChI=1S/C19H20F2N2/c20-14-5-1-3-12(9-14)15-6-2-4-13(17(15)21)10-16-18(22)19(7-8-19)11-23-16/h1-6,9,16,18,23H,7-8,10-11,22H2/t16-,18+/m0/s1. The van der Waals surface area contributed by atoms with Crippen LogP contribution in [-0.4, -0.2) is 18.6 Å². The Hall–Kier alpha value is -1.78. The van der Waals surface area contributed by atoms with Crippen molar-refractivity contribution in [3.63, 3.8) is 0 Å². The van der Waals surface area contributed by atoms with Gasteiger partial charge in [0.25, 0.3) is 0 Å². The third kappa shape index (κ3) is 2.56. The van der Waals surface area contributed by atoms with Gasteiger partial charge in [0, 0.05) is 24.2 Å². The second-order valence-electron chi connectivity index (χ2n) is 6.87. The molecule has 1 saturated carbocycles. The van der Waals surface area contributed by atoms with E-state index in [2.05, 4.69) is 5.32 Å². The molecule has 4 heteroatoms. The van der Waals surface area contributed by atoms with E-state index in [1.54, 1.807) is 24.3 Å². The van der Waals surface area contributed by atoms with Crippen LogP contribution in [0.25, 0.3) is 11.1 Å². The van der Waals surface area contributed by atoms with Gasteiger partial charge < -0.3 is 11.1 Å². The van der Waals surface area contributed by atoms with Gasteiger partial charge in [-0.05, 0) is 47.9 Å². The Bertz CT molecular complexity index is 740. The quantitative estimate of drug-likeness (QED) is 0.912. The maximum atomic E-state index is 14.9. The summed E-state index contributed by atoms with van der Waals surface area (Å²) >= 11 is 0. The van der Waals surface area contributed by atoms with Crippen molar-refractivity contribution in [2.24, 2.45) is 11.1 Å². The topological polar surface area (TPSA) is 38.0 Å². The lowest BCUT2D eigenvalue weighted by atomic mass is 9.91. The van der Waals surface area contributed by atoms with Crippen LogP contribution in [0, 0.1) is 17.0 Å². The van der Waals surface area contributed by atoms with Crippen LogP contribution in [0.3, 0.4) is 0 Å². The van der Waals surface area contributed by atoms with Crippen LogP contribution in [0.1, 0.15) is 18.4 Å². The SMILES string of the molecule is N[C@@H]1[C@H](Cc2cccc(-c3cccc(F)c3)c2F)NCC12CC2. The van der Waals surface area contributed by atoms with Crippen LogP contribution in [-0.2, 0) is 6.42 Å². The highest BCUT2D eigenvalue weighted by atomic mass is 19.1.